The van der Waals surface area contributed by atoms with Crippen molar-refractivity contribution in [3.63, 3.8) is 0 Å². The van der Waals surface area contributed by atoms with Crippen LogP contribution in [0.5, 0.6) is 5.75 Å². The Hall–Kier alpha value is -2.24. The van der Waals surface area contributed by atoms with Gasteiger partial charge in [-0.05, 0) is 12.1 Å². The Morgan fingerprint density at radius 1 is 1.39 bits per heavy atom. The van der Waals surface area contributed by atoms with Crippen LogP contribution in [0.1, 0.15) is 16.8 Å². The topological polar surface area (TPSA) is 92.9 Å². The van der Waals surface area contributed by atoms with Gasteiger partial charge in [0.2, 0.25) is 5.91 Å². The lowest BCUT2D eigenvalue weighted by atomic mass is 10.2. The van der Waals surface area contributed by atoms with Gasteiger partial charge >= 0.3 is 5.97 Å². The summed E-state index contributed by atoms with van der Waals surface area (Å²) in [5, 5.41) is 8.98. The summed E-state index contributed by atoms with van der Waals surface area (Å²) >= 11 is 0. The van der Waals surface area contributed by atoms with Crippen LogP contribution in [0.4, 0.5) is 5.69 Å². The van der Waals surface area contributed by atoms with E-state index in [0.717, 1.165) is 0 Å². The Bertz CT molecular complexity index is 457. The number of nitrogens with two attached hydrogens (primary N) is 1. The minimum Gasteiger partial charge on any atom is -0.490 e. The number of carboxylic acid groups (broad SMARTS) is 1. The number of carboxylic acids is 1. The van der Waals surface area contributed by atoms with Gasteiger partial charge in [-0.15, -0.1) is 0 Å². The maximum Gasteiger partial charge on any atom is 0.339 e. The van der Waals surface area contributed by atoms with Crippen molar-refractivity contribution in [1.82, 2.24) is 4.90 Å². The van der Waals surface area contributed by atoms with E-state index in [9.17, 15) is 9.59 Å². The van der Waals surface area contributed by atoms with Gasteiger partial charge in [0.25, 0.3) is 0 Å². The number of amides is 1. The molecule has 0 heterocycles. The molecule has 0 saturated carbocycles. The first-order valence-electron chi connectivity index (χ1n) is 5.38. The predicted octanol–water partition coefficient (Wildman–Crippen LogP) is 0.824. The zero-order chi connectivity index (χ0) is 13.7. The van der Waals surface area contributed by atoms with E-state index in [-0.39, 0.29) is 35.9 Å². The molecule has 0 atom stereocenters. The van der Waals surface area contributed by atoms with Crippen LogP contribution in [-0.2, 0) is 4.79 Å². The van der Waals surface area contributed by atoms with Gasteiger partial charge in [-0.25, -0.2) is 4.79 Å². The lowest BCUT2D eigenvalue weighted by Crippen LogP contribution is -2.23. The SMILES string of the molecule is CN(C)C(=O)CCOc1c(N)cccc1C(=O)O. The van der Waals surface area contributed by atoms with Crippen molar-refractivity contribution in [2.24, 2.45) is 0 Å². The molecule has 0 aliphatic carbocycles. The van der Waals surface area contributed by atoms with Gasteiger partial charge < -0.3 is 20.5 Å². The van der Waals surface area contributed by atoms with E-state index in [4.69, 9.17) is 15.6 Å². The molecule has 6 nitrogen and oxygen atoms in total. The molecule has 1 amide bonds. The number of carbonyl (C=O) groups is 2. The van der Waals surface area contributed by atoms with Gasteiger partial charge in [0.1, 0.15) is 5.56 Å². The summed E-state index contributed by atoms with van der Waals surface area (Å²) in [5.74, 6) is -1.10. The highest BCUT2D eigenvalue weighted by atomic mass is 16.5. The highest BCUT2D eigenvalue weighted by molar-refractivity contribution is 5.93. The first-order valence-corrected chi connectivity index (χ1v) is 5.38. The Kier molecular flexibility index (Phi) is 4.53. The molecule has 0 fully saturated rings. The summed E-state index contributed by atoms with van der Waals surface area (Å²) in [5.41, 5.74) is 5.89. The first-order chi connectivity index (χ1) is 8.43. The van der Waals surface area contributed by atoms with E-state index in [1.807, 2.05) is 0 Å². The van der Waals surface area contributed by atoms with Crippen LogP contribution >= 0.6 is 0 Å². The smallest absolute Gasteiger partial charge is 0.339 e. The quantitative estimate of drug-likeness (QED) is 0.757. The van der Waals surface area contributed by atoms with Crippen molar-refractivity contribution in [3.05, 3.63) is 23.8 Å². The van der Waals surface area contributed by atoms with E-state index < -0.39 is 5.97 Å². The molecule has 0 radical (unpaired) electrons. The molecule has 0 spiro atoms. The number of nitrogens with zero attached hydrogens (tertiary/aromatic N) is 1. The minimum absolute atomic E-state index is 0.00713. The van der Waals surface area contributed by atoms with E-state index in [2.05, 4.69) is 0 Å². The minimum atomic E-state index is -1.11. The zero-order valence-corrected chi connectivity index (χ0v) is 10.3. The monoisotopic (exact) mass is 252 g/mol. The van der Waals surface area contributed by atoms with Gasteiger partial charge in [0.15, 0.2) is 5.75 Å². The standard InChI is InChI=1S/C12H16N2O4/c1-14(2)10(15)6-7-18-11-8(12(16)17)4-3-5-9(11)13/h3-5H,6-7,13H2,1-2H3,(H,16,17). The van der Waals surface area contributed by atoms with Crippen molar-refractivity contribution in [3.8, 4) is 5.75 Å². The fraction of sp³-hybridized carbons (Fsp3) is 0.333. The van der Waals surface area contributed by atoms with E-state index in [0.29, 0.717) is 0 Å². The van der Waals surface area contributed by atoms with Crippen LogP contribution in [0.25, 0.3) is 0 Å². The molecule has 0 saturated heterocycles. The van der Waals surface area contributed by atoms with Gasteiger partial charge in [-0.2, -0.15) is 0 Å². The average Bonchev–Trinajstić information content (AvgIpc) is 2.30. The van der Waals surface area contributed by atoms with Gasteiger partial charge in [-0.1, -0.05) is 6.07 Å². The summed E-state index contributed by atoms with van der Waals surface area (Å²) in [6, 6.07) is 4.49. The predicted molar refractivity (Wildman–Crippen MR) is 66.6 cm³/mol. The molecule has 1 rings (SSSR count). The second-order valence-electron chi connectivity index (χ2n) is 3.92. The number of ether oxygens (including phenoxy) is 1. The number of para-hydroxylation sites is 1. The second kappa shape index (κ2) is 5.90. The third-order valence-electron chi connectivity index (χ3n) is 2.34. The number of nitrogen functional groups attached to an aromatic ring is 1. The van der Waals surface area contributed by atoms with Crippen molar-refractivity contribution < 1.29 is 19.4 Å². The molecule has 1 aromatic rings. The lowest BCUT2D eigenvalue weighted by molar-refractivity contribution is -0.129. The Morgan fingerprint density at radius 2 is 2.06 bits per heavy atom. The molecule has 0 aromatic heterocycles. The summed E-state index contributed by atoms with van der Waals surface area (Å²) < 4.78 is 5.30. The molecule has 6 heteroatoms. The van der Waals surface area contributed by atoms with Crippen molar-refractivity contribution in [1.29, 1.82) is 0 Å². The van der Waals surface area contributed by atoms with Crippen molar-refractivity contribution in [2.75, 3.05) is 26.4 Å². The third-order valence-corrected chi connectivity index (χ3v) is 2.34. The molecule has 0 bridgehead atoms. The highest BCUT2D eigenvalue weighted by Gasteiger charge is 2.14. The summed E-state index contributed by atoms with van der Waals surface area (Å²) in [7, 11) is 3.28. The molecule has 0 aliphatic rings. The van der Waals surface area contributed by atoms with Crippen LogP contribution in [0.3, 0.4) is 0 Å². The lowest BCUT2D eigenvalue weighted by Gasteiger charge is -2.13. The number of anilines is 1. The number of carbonyl (C=O) groups excluding carboxylic acids is 1. The molecule has 1 aromatic carbocycles. The largest absolute Gasteiger partial charge is 0.490 e. The van der Waals surface area contributed by atoms with Gasteiger partial charge in [0.05, 0.1) is 18.7 Å². The zero-order valence-electron chi connectivity index (χ0n) is 10.3. The van der Waals surface area contributed by atoms with E-state index >= 15 is 0 Å². The van der Waals surface area contributed by atoms with Gasteiger partial charge in [-0.3, -0.25) is 4.79 Å². The number of hydrogen-bond acceptors (Lipinski definition) is 4. The highest BCUT2D eigenvalue weighted by Crippen LogP contribution is 2.26. The molecule has 3 N–H and O–H groups in total. The number of aromatic carboxylic acids is 1. The molecule has 98 valence electrons. The first kappa shape index (κ1) is 13.8. The maximum absolute atomic E-state index is 11.3. The van der Waals surface area contributed by atoms with Crippen molar-refractivity contribution in [2.45, 2.75) is 6.42 Å². The average molecular weight is 252 g/mol. The summed E-state index contributed by atoms with van der Waals surface area (Å²) in [4.78, 5) is 23.7. The summed E-state index contributed by atoms with van der Waals surface area (Å²) in [6.45, 7) is 0.0888. The van der Waals surface area contributed by atoms with Crippen molar-refractivity contribution >= 4 is 17.6 Å². The molecule has 0 aliphatic heterocycles. The van der Waals surface area contributed by atoms with E-state index in [1.54, 1.807) is 20.2 Å². The maximum atomic E-state index is 11.3. The van der Waals surface area contributed by atoms with Crippen LogP contribution in [0.2, 0.25) is 0 Å². The van der Waals surface area contributed by atoms with Crippen LogP contribution < -0.4 is 10.5 Å². The molecule has 18 heavy (non-hydrogen) atoms. The Morgan fingerprint density at radius 3 is 2.61 bits per heavy atom. The molecular weight excluding hydrogens is 236 g/mol. The molecule has 0 unspecified atom stereocenters. The number of rotatable bonds is 5. The third kappa shape index (κ3) is 3.38. The Balaban J connectivity index is 2.73. The van der Waals surface area contributed by atoms with Crippen LogP contribution in [0.15, 0.2) is 18.2 Å². The summed E-state index contributed by atoms with van der Waals surface area (Å²) in [6.07, 6.45) is 0.167. The second-order valence-corrected chi connectivity index (χ2v) is 3.92. The van der Waals surface area contributed by atoms with Gasteiger partial charge in [0, 0.05) is 14.1 Å². The Labute approximate surface area is 105 Å². The normalized spacial score (nSPS) is 9.89. The van der Waals surface area contributed by atoms with Crippen LogP contribution in [-0.4, -0.2) is 42.6 Å². The van der Waals surface area contributed by atoms with E-state index in [1.165, 1.54) is 17.0 Å². The fourth-order valence-electron chi connectivity index (χ4n) is 1.35. The number of benzene rings is 1. The molecular formula is C12H16N2O4. The van der Waals surface area contributed by atoms with Crippen LogP contribution in [0, 0.1) is 0 Å². The fourth-order valence-corrected chi connectivity index (χ4v) is 1.35. The number of hydrogen-bond donors (Lipinski definition) is 2.